The lowest BCUT2D eigenvalue weighted by Crippen LogP contribution is -2.62. The fourth-order valence-corrected chi connectivity index (χ4v) is 4.38. The summed E-state index contributed by atoms with van der Waals surface area (Å²) in [5.41, 5.74) is 4.80. The second-order valence-electron chi connectivity index (χ2n) is 5.70. The molecule has 8 heteroatoms. The molecule has 0 aromatic rings. The van der Waals surface area contributed by atoms with E-state index in [1.807, 2.05) is 7.05 Å². The predicted octanol–water partition coefficient (Wildman–Crippen LogP) is -0.473. The Morgan fingerprint density at radius 3 is 2.53 bits per heavy atom. The molecule has 19 heavy (non-hydrogen) atoms. The highest BCUT2D eigenvalue weighted by molar-refractivity contribution is 7.89. The second-order valence-corrected chi connectivity index (χ2v) is 7.46. The van der Waals surface area contributed by atoms with E-state index in [0.717, 1.165) is 12.8 Å². The minimum absolute atomic E-state index is 0.0417. The van der Waals surface area contributed by atoms with Gasteiger partial charge < -0.3 is 15.8 Å². The summed E-state index contributed by atoms with van der Waals surface area (Å²) in [6.07, 6.45) is 2.98. The van der Waals surface area contributed by atoms with Crippen molar-refractivity contribution in [2.75, 3.05) is 25.9 Å². The maximum absolute atomic E-state index is 12.1. The molecule has 7 nitrogen and oxygen atoms in total. The van der Waals surface area contributed by atoms with Gasteiger partial charge in [0.25, 0.3) is 0 Å². The van der Waals surface area contributed by atoms with Crippen molar-refractivity contribution >= 4 is 15.9 Å². The number of nitrogens with two attached hydrogens (primary N) is 1. The summed E-state index contributed by atoms with van der Waals surface area (Å²) in [5.74, 6) is 0.372. The fourth-order valence-electron chi connectivity index (χ4n) is 2.44. The van der Waals surface area contributed by atoms with Gasteiger partial charge in [0.1, 0.15) is 0 Å². The van der Waals surface area contributed by atoms with Crippen LogP contribution >= 0.6 is 0 Å². The van der Waals surface area contributed by atoms with Crippen LogP contribution in [0.3, 0.4) is 0 Å². The molecule has 4 N–H and O–H groups in total. The molecule has 2 aliphatic rings. The molecule has 1 aliphatic carbocycles. The Bertz CT molecular complexity index is 451. The van der Waals surface area contributed by atoms with Crippen molar-refractivity contribution < 1.29 is 13.6 Å². The number of rotatable bonds is 5. The summed E-state index contributed by atoms with van der Waals surface area (Å²) < 4.78 is 27.0. The molecule has 0 spiro atoms. The smallest absolute Gasteiger partial charge is 0.212 e. The van der Waals surface area contributed by atoms with Crippen LogP contribution in [0.15, 0.2) is 5.16 Å². The van der Waals surface area contributed by atoms with Crippen LogP contribution in [0, 0.1) is 5.92 Å². The first-order valence-corrected chi connectivity index (χ1v) is 8.20. The third-order valence-electron chi connectivity index (χ3n) is 3.94. The normalized spacial score (nSPS) is 25.4. The van der Waals surface area contributed by atoms with Crippen LogP contribution in [0.4, 0.5) is 0 Å². The van der Waals surface area contributed by atoms with Crippen LogP contribution in [-0.4, -0.2) is 55.8 Å². The standard InChI is InChI=1S/C11H22N4O3S/c1-15-6-4-11(5-7-15,10(12)13-16)14-19(17,18)8-9-2-3-9/h9,14,16H,2-8H2,1H3,(H2,12,13). The van der Waals surface area contributed by atoms with Gasteiger partial charge in [0.05, 0.1) is 11.3 Å². The van der Waals surface area contributed by atoms with E-state index in [0.29, 0.717) is 25.9 Å². The van der Waals surface area contributed by atoms with Crippen molar-refractivity contribution in [2.45, 2.75) is 31.2 Å². The van der Waals surface area contributed by atoms with Crippen molar-refractivity contribution in [2.24, 2.45) is 16.8 Å². The van der Waals surface area contributed by atoms with E-state index in [2.05, 4.69) is 14.8 Å². The molecule has 2 fully saturated rings. The summed E-state index contributed by atoms with van der Waals surface area (Å²) in [6, 6.07) is 0. The number of amidine groups is 1. The highest BCUT2D eigenvalue weighted by Gasteiger charge is 2.42. The fraction of sp³-hybridized carbons (Fsp3) is 0.909. The maximum Gasteiger partial charge on any atom is 0.212 e. The lowest BCUT2D eigenvalue weighted by Gasteiger charge is -2.39. The van der Waals surface area contributed by atoms with E-state index >= 15 is 0 Å². The van der Waals surface area contributed by atoms with E-state index in [1.165, 1.54) is 0 Å². The van der Waals surface area contributed by atoms with Gasteiger partial charge >= 0.3 is 0 Å². The molecule has 0 aromatic carbocycles. The highest BCUT2D eigenvalue weighted by Crippen LogP contribution is 2.31. The van der Waals surface area contributed by atoms with Crippen molar-refractivity contribution in [1.82, 2.24) is 9.62 Å². The number of sulfonamides is 1. The van der Waals surface area contributed by atoms with Gasteiger partial charge in [-0.25, -0.2) is 13.1 Å². The van der Waals surface area contributed by atoms with Crippen LogP contribution in [0.2, 0.25) is 0 Å². The number of hydrogen-bond acceptors (Lipinski definition) is 5. The summed E-state index contributed by atoms with van der Waals surface area (Å²) >= 11 is 0. The lowest BCUT2D eigenvalue weighted by atomic mass is 9.88. The molecule has 0 radical (unpaired) electrons. The number of hydrogen-bond donors (Lipinski definition) is 3. The molecule has 2 rings (SSSR count). The van der Waals surface area contributed by atoms with Crippen molar-refractivity contribution in [3.05, 3.63) is 0 Å². The highest BCUT2D eigenvalue weighted by atomic mass is 32.2. The van der Waals surface area contributed by atoms with E-state index in [1.54, 1.807) is 0 Å². The first-order valence-electron chi connectivity index (χ1n) is 6.55. The number of nitrogens with one attached hydrogen (secondary N) is 1. The zero-order valence-electron chi connectivity index (χ0n) is 11.2. The Hall–Kier alpha value is -0.860. The van der Waals surface area contributed by atoms with Gasteiger partial charge in [0.15, 0.2) is 5.84 Å². The van der Waals surface area contributed by atoms with Gasteiger partial charge in [-0.05, 0) is 38.6 Å². The predicted molar refractivity (Wildman–Crippen MR) is 72.5 cm³/mol. The molecule has 0 atom stereocenters. The SMILES string of the molecule is CN1CCC(NS(=O)(=O)CC2CC2)(C(N)=NO)CC1. The maximum atomic E-state index is 12.1. The lowest BCUT2D eigenvalue weighted by molar-refractivity contribution is 0.213. The minimum Gasteiger partial charge on any atom is -0.409 e. The van der Waals surface area contributed by atoms with E-state index in [4.69, 9.17) is 10.9 Å². The van der Waals surface area contributed by atoms with Gasteiger partial charge in [-0.2, -0.15) is 0 Å². The number of nitrogens with zero attached hydrogens (tertiary/aromatic N) is 2. The molecule has 1 saturated carbocycles. The topological polar surface area (TPSA) is 108 Å². The minimum atomic E-state index is -3.39. The van der Waals surface area contributed by atoms with Crippen LogP contribution in [0.25, 0.3) is 0 Å². The molecular weight excluding hydrogens is 268 g/mol. The van der Waals surface area contributed by atoms with E-state index in [9.17, 15) is 8.42 Å². The van der Waals surface area contributed by atoms with Crippen molar-refractivity contribution in [1.29, 1.82) is 0 Å². The summed E-state index contributed by atoms with van der Waals surface area (Å²) in [5, 5.41) is 12.0. The summed E-state index contributed by atoms with van der Waals surface area (Å²) in [6.45, 7) is 1.42. The Labute approximate surface area is 113 Å². The first kappa shape index (κ1) is 14.5. The quantitative estimate of drug-likeness (QED) is 0.274. The second kappa shape index (κ2) is 5.26. The molecule has 0 unspecified atom stereocenters. The van der Waals surface area contributed by atoms with Crippen LogP contribution in [-0.2, 0) is 10.0 Å². The van der Waals surface area contributed by atoms with Gasteiger partial charge in [0.2, 0.25) is 10.0 Å². The zero-order chi connectivity index (χ0) is 14.1. The van der Waals surface area contributed by atoms with E-state index < -0.39 is 15.6 Å². The molecular formula is C11H22N4O3S. The van der Waals surface area contributed by atoms with Gasteiger partial charge in [-0.1, -0.05) is 5.16 Å². The van der Waals surface area contributed by atoms with Gasteiger partial charge in [-0.3, -0.25) is 0 Å². The summed E-state index contributed by atoms with van der Waals surface area (Å²) in [7, 11) is -1.42. The van der Waals surface area contributed by atoms with Crippen LogP contribution in [0.5, 0.6) is 0 Å². The van der Waals surface area contributed by atoms with Gasteiger partial charge in [0, 0.05) is 13.1 Å². The number of piperidine rings is 1. The molecule has 110 valence electrons. The average molecular weight is 290 g/mol. The Balaban J connectivity index is 2.14. The summed E-state index contributed by atoms with van der Waals surface area (Å²) in [4.78, 5) is 2.10. The number of likely N-dealkylation sites (tertiary alicyclic amines) is 1. The Morgan fingerprint density at radius 1 is 1.47 bits per heavy atom. The third-order valence-corrected chi connectivity index (χ3v) is 5.55. The molecule has 0 aromatic heterocycles. The zero-order valence-corrected chi connectivity index (χ0v) is 12.0. The van der Waals surface area contributed by atoms with Gasteiger partial charge in [-0.15, -0.1) is 0 Å². The monoisotopic (exact) mass is 290 g/mol. The number of oxime groups is 1. The van der Waals surface area contributed by atoms with Crippen LogP contribution in [0.1, 0.15) is 25.7 Å². The molecule has 0 amide bonds. The Kier molecular flexibility index (Phi) is 4.03. The van der Waals surface area contributed by atoms with Crippen molar-refractivity contribution in [3.63, 3.8) is 0 Å². The molecule has 1 saturated heterocycles. The molecule has 1 aliphatic heterocycles. The molecule has 1 heterocycles. The largest absolute Gasteiger partial charge is 0.409 e. The van der Waals surface area contributed by atoms with E-state index in [-0.39, 0.29) is 17.5 Å². The average Bonchev–Trinajstić information content (AvgIpc) is 3.14. The first-order chi connectivity index (χ1) is 8.87. The third kappa shape index (κ3) is 3.58. The molecule has 0 bridgehead atoms. The Morgan fingerprint density at radius 2 is 2.05 bits per heavy atom. The van der Waals surface area contributed by atoms with Crippen molar-refractivity contribution in [3.8, 4) is 0 Å². The van der Waals surface area contributed by atoms with Crippen LogP contribution < -0.4 is 10.5 Å².